The van der Waals surface area contributed by atoms with Crippen LogP contribution in [0.25, 0.3) is 0 Å². The van der Waals surface area contributed by atoms with Gasteiger partial charge in [-0.25, -0.2) is 0 Å². The Morgan fingerprint density at radius 3 is 2.73 bits per heavy atom. The molecule has 1 unspecified atom stereocenters. The zero-order valence-corrected chi connectivity index (χ0v) is 9.41. The molecule has 0 aromatic heterocycles. The van der Waals surface area contributed by atoms with Crippen LogP contribution >= 0.6 is 11.8 Å². The molecule has 1 atom stereocenters. The maximum atomic E-state index is 9.11. The maximum Gasteiger partial charge on any atom is 0.0861 e. The fourth-order valence-electron chi connectivity index (χ4n) is 1.22. The third-order valence-electron chi connectivity index (χ3n) is 2.09. The molecular weight excluding hydrogens is 210 g/mol. The molecule has 15 heavy (non-hydrogen) atoms. The van der Waals surface area contributed by atoms with Crippen LogP contribution in [0.15, 0.2) is 24.3 Å². The Labute approximate surface area is 94.3 Å². The van der Waals surface area contributed by atoms with Crippen LogP contribution in [-0.4, -0.2) is 34.4 Å². The summed E-state index contributed by atoms with van der Waals surface area (Å²) < 4.78 is 0. The van der Waals surface area contributed by atoms with Crippen molar-refractivity contribution in [3.05, 3.63) is 29.8 Å². The average molecular weight is 227 g/mol. The number of thioether (sulfide) groups is 1. The molecule has 1 rings (SSSR count). The molecule has 1 aromatic rings. The van der Waals surface area contributed by atoms with Crippen LogP contribution in [0.5, 0.6) is 0 Å². The Morgan fingerprint density at radius 1 is 1.33 bits per heavy atom. The van der Waals surface area contributed by atoms with Gasteiger partial charge >= 0.3 is 0 Å². The maximum absolute atomic E-state index is 9.11. The van der Waals surface area contributed by atoms with E-state index in [2.05, 4.69) is 0 Å². The second-order valence-corrected chi connectivity index (χ2v) is 4.51. The van der Waals surface area contributed by atoms with E-state index in [-0.39, 0.29) is 6.61 Å². The highest BCUT2D eigenvalue weighted by atomic mass is 32.2. The summed E-state index contributed by atoms with van der Waals surface area (Å²) in [6, 6.07) is 7.79. The second-order valence-electron chi connectivity index (χ2n) is 3.36. The molecule has 0 radical (unpaired) electrons. The van der Waals surface area contributed by atoms with E-state index in [0.717, 1.165) is 23.4 Å². The molecule has 0 amide bonds. The van der Waals surface area contributed by atoms with Gasteiger partial charge in [-0.05, 0) is 23.8 Å². The minimum absolute atomic E-state index is 0.166. The molecule has 4 N–H and O–H groups in total. The van der Waals surface area contributed by atoms with Crippen molar-refractivity contribution in [2.24, 2.45) is 0 Å². The zero-order valence-electron chi connectivity index (χ0n) is 8.60. The zero-order chi connectivity index (χ0) is 11.1. The normalized spacial score (nSPS) is 12.7. The minimum atomic E-state index is -0.608. The number of hydrogen-bond acceptors (Lipinski definition) is 4. The molecule has 0 spiro atoms. The summed E-state index contributed by atoms with van der Waals surface area (Å²) in [6.45, 7) is -0.166. The molecule has 0 fully saturated rings. The monoisotopic (exact) mass is 227 g/mol. The van der Waals surface area contributed by atoms with Gasteiger partial charge in [-0.3, -0.25) is 0 Å². The van der Waals surface area contributed by atoms with Crippen LogP contribution in [0.1, 0.15) is 5.56 Å². The summed E-state index contributed by atoms with van der Waals surface area (Å²) in [7, 11) is 0. The van der Waals surface area contributed by atoms with Crippen molar-refractivity contribution in [2.75, 3.05) is 23.8 Å². The van der Waals surface area contributed by atoms with Crippen molar-refractivity contribution in [1.29, 1.82) is 0 Å². The standard InChI is InChI=1S/C11H17NO2S/c12-11-4-2-1-3-9(11)5-6-15-8-10(14)7-13/h1-4,10,13-14H,5-8,12H2. The van der Waals surface area contributed by atoms with Gasteiger partial charge in [-0.1, -0.05) is 18.2 Å². The topological polar surface area (TPSA) is 66.5 Å². The largest absolute Gasteiger partial charge is 0.399 e. The molecule has 0 bridgehead atoms. The van der Waals surface area contributed by atoms with Crippen LogP contribution in [0.4, 0.5) is 5.69 Å². The van der Waals surface area contributed by atoms with Crippen molar-refractivity contribution >= 4 is 17.4 Å². The molecule has 0 aliphatic carbocycles. The van der Waals surface area contributed by atoms with Gasteiger partial charge in [-0.2, -0.15) is 11.8 Å². The molecule has 0 aliphatic heterocycles. The first-order valence-electron chi connectivity index (χ1n) is 4.94. The Bertz CT molecular complexity index is 294. The quantitative estimate of drug-likeness (QED) is 0.499. The highest BCUT2D eigenvalue weighted by Crippen LogP contribution is 2.14. The van der Waals surface area contributed by atoms with E-state index in [1.54, 1.807) is 11.8 Å². The smallest absolute Gasteiger partial charge is 0.0861 e. The number of anilines is 1. The van der Waals surface area contributed by atoms with Gasteiger partial charge in [0.2, 0.25) is 0 Å². The number of nitrogens with two attached hydrogens (primary N) is 1. The SMILES string of the molecule is Nc1ccccc1CCSCC(O)CO. The third-order valence-corrected chi connectivity index (χ3v) is 3.21. The summed E-state index contributed by atoms with van der Waals surface area (Å²) >= 11 is 1.62. The Morgan fingerprint density at radius 2 is 2.07 bits per heavy atom. The minimum Gasteiger partial charge on any atom is -0.399 e. The first-order valence-corrected chi connectivity index (χ1v) is 6.09. The van der Waals surface area contributed by atoms with E-state index in [1.807, 2.05) is 24.3 Å². The predicted octanol–water partition coefficient (Wildman–Crippen LogP) is 0.898. The van der Waals surface area contributed by atoms with Gasteiger partial charge < -0.3 is 15.9 Å². The molecule has 0 saturated carbocycles. The van der Waals surface area contributed by atoms with E-state index in [4.69, 9.17) is 15.9 Å². The summed E-state index contributed by atoms with van der Waals surface area (Å²) in [4.78, 5) is 0. The molecule has 3 nitrogen and oxygen atoms in total. The van der Waals surface area contributed by atoms with Gasteiger partial charge in [0.15, 0.2) is 0 Å². The number of aryl methyl sites for hydroxylation is 1. The fourth-order valence-corrected chi connectivity index (χ4v) is 2.12. The Balaban J connectivity index is 2.23. The second kappa shape index (κ2) is 6.71. The van der Waals surface area contributed by atoms with E-state index in [1.165, 1.54) is 0 Å². The highest BCUT2D eigenvalue weighted by molar-refractivity contribution is 7.99. The number of para-hydroxylation sites is 1. The fraction of sp³-hybridized carbons (Fsp3) is 0.455. The summed E-state index contributed by atoms with van der Waals surface area (Å²) in [5.74, 6) is 1.48. The molecule has 0 saturated heterocycles. The summed E-state index contributed by atoms with van der Waals surface area (Å²) in [5, 5.41) is 17.7. The lowest BCUT2D eigenvalue weighted by molar-refractivity contribution is 0.113. The summed E-state index contributed by atoms with van der Waals surface area (Å²) in [6.07, 6.45) is 0.290. The van der Waals surface area contributed by atoms with Crippen LogP contribution in [0.3, 0.4) is 0 Å². The van der Waals surface area contributed by atoms with Gasteiger partial charge in [0.25, 0.3) is 0 Å². The lowest BCUT2D eigenvalue weighted by Gasteiger charge is -2.07. The van der Waals surface area contributed by atoms with Crippen molar-refractivity contribution < 1.29 is 10.2 Å². The number of benzene rings is 1. The molecule has 84 valence electrons. The molecule has 0 heterocycles. The number of hydrogen-bond donors (Lipinski definition) is 3. The highest BCUT2D eigenvalue weighted by Gasteiger charge is 2.02. The Kier molecular flexibility index (Phi) is 5.53. The van der Waals surface area contributed by atoms with Crippen molar-refractivity contribution in [1.82, 2.24) is 0 Å². The summed E-state index contributed by atoms with van der Waals surface area (Å²) in [5.41, 5.74) is 7.75. The van der Waals surface area contributed by atoms with E-state index in [0.29, 0.717) is 5.75 Å². The van der Waals surface area contributed by atoms with Gasteiger partial charge in [0.1, 0.15) is 0 Å². The van der Waals surface area contributed by atoms with Crippen LogP contribution in [0.2, 0.25) is 0 Å². The third kappa shape index (κ3) is 4.55. The Hall–Kier alpha value is -0.710. The van der Waals surface area contributed by atoms with E-state index in [9.17, 15) is 0 Å². The molecule has 0 aliphatic rings. The van der Waals surface area contributed by atoms with E-state index < -0.39 is 6.10 Å². The van der Waals surface area contributed by atoms with Crippen LogP contribution in [-0.2, 0) is 6.42 Å². The molecular formula is C11H17NO2S. The lowest BCUT2D eigenvalue weighted by Crippen LogP contribution is -2.15. The number of aliphatic hydroxyl groups excluding tert-OH is 2. The number of rotatable bonds is 6. The van der Waals surface area contributed by atoms with Crippen LogP contribution in [0, 0.1) is 0 Å². The number of aliphatic hydroxyl groups is 2. The van der Waals surface area contributed by atoms with Crippen molar-refractivity contribution in [3.63, 3.8) is 0 Å². The van der Waals surface area contributed by atoms with Gasteiger partial charge in [-0.15, -0.1) is 0 Å². The van der Waals surface area contributed by atoms with Gasteiger partial charge in [0, 0.05) is 11.4 Å². The van der Waals surface area contributed by atoms with Crippen molar-refractivity contribution in [3.8, 4) is 0 Å². The number of nitrogen functional groups attached to an aromatic ring is 1. The molecule has 4 heteroatoms. The first kappa shape index (κ1) is 12.4. The van der Waals surface area contributed by atoms with E-state index >= 15 is 0 Å². The van der Waals surface area contributed by atoms with Crippen LogP contribution < -0.4 is 5.73 Å². The molecule has 1 aromatic carbocycles. The van der Waals surface area contributed by atoms with Gasteiger partial charge in [0.05, 0.1) is 12.7 Å². The lowest BCUT2D eigenvalue weighted by atomic mass is 10.1. The predicted molar refractivity (Wildman–Crippen MR) is 65.0 cm³/mol. The average Bonchev–Trinajstić information content (AvgIpc) is 2.26. The first-order chi connectivity index (χ1) is 7.24. The van der Waals surface area contributed by atoms with Crippen molar-refractivity contribution in [2.45, 2.75) is 12.5 Å².